The summed E-state index contributed by atoms with van der Waals surface area (Å²) in [6, 6.07) is 15.8. The molecule has 1 aliphatic heterocycles. The van der Waals surface area contributed by atoms with Crippen LogP contribution in [0.15, 0.2) is 59.5 Å². The molecule has 2 aromatic carbocycles. The van der Waals surface area contributed by atoms with Gasteiger partial charge in [-0.15, -0.1) is 0 Å². The summed E-state index contributed by atoms with van der Waals surface area (Å²) >= 11 is 0. The average molecular weight is 403 g/mol. The van der Waals surface area contributed by atoms with Gasteiger partial charge in [0.15, 0.2) is 0 Å². The van der Waals surface area contributed by atoms with Gasteiger partial charge in [0.25, 0.3) is 10.0 Å². The Morgan fingerprint density at radius 1 is 1.07 bits per heavy atom. The molecule has 1 heterocycles. The Morgan fingerprint density at radius 2 is 1.68 bits per heavy atom. The predicted octanol–water partition coefficient (Wildman–Crippen LogP) is 3.28. The third-order valence-corrected chi connectivity index (χ3v) is 7.18. The smallest absolute Gasteiger partial charge is 0.264 e. The third-order valence-electron chi connectivity index (χ3n) is 5.37. The number of benzene rings is 2. The Hall–Kier alpha value is -1.89. The predicted molar refractivity (Wildman–Crippen MR) is 113 cm³/mol. The third kappa shape index (κ3) is 5.13. The van der Waals surface area contributed by atoms with E-state index in [1.807, 2.05) is 25.1 Å². The molecule has 0 aromatic heterocycles. The fourth-order valence-electron chi connectivity index (χ4n) is 3.57. The normalized spacial score (nSPS) is 17.4. The summed E-state index contributed by atoms with van der Waals surface area (Å²) in [5.74, 6) is 0.719. The molecule has 28 heavy (non-hydrogen) atoms. The van der Waals surface area contributed by atoms with Crippen LogP contribution in [-0.2, 0) is 10.0 Å². The first kappa shape index (κ1) is 20.8. The molecule has 1 fully saturated rings. The minimum Gasteiger partial charge on any atom is -0.390 e. The number of aliphatic hydroxyl groups is 1. The van der Waals surface area contributed by atoms with Crippen LogP contribution in [0.2, 0.25) is 0 Å². The number of para-hydroxylation sites is 1. The molecule has 0 radical (unpaired) electrons. The molecule has 3 rings (SSSR count). The maximum absolute atomic E-state index is 13.3. The van der Waals surface area contributed by atoms with Crippen molar-refractivity contribution in [3.63, 3.8) is 0 Å². The molecular weight excluding hydrogens is 372 g/mol. The lowest BCUT2D eigenvalue weighted by atomic mass is 9.99. The van der Waals surface area contributed by atoms with Crippen LogP contribution >= 0.6 is 0 Å². The van der Waals surface area contributed by atoms with E-state index in [-0.39, 0.29) is 11.4 Å². The molecule has 2 aromatic rings. The zero-order valence-electron chi connectivity index (χ0n) is 16.7. The van der Waals surface area contributed by atoms with Crippen molar-refractivity contribution in [3.05, 3.63) is 60.2 Å². The van der Waals surface area contributed by atoms with Gasteiger partial charge in [-0.1, -0.05) is 42.8 Å². The summed E-state index contributed by atoms with van der Waals surface area (Å²) in [5.41, 5.74) is 1.57. The number of sulfonamides is 1. The molecular formula is C22H30N2O3S. The molecule has 0 unspecified atom stereocenters. The number of aryl methyl sites for hydroxylation is 1. The van der Waals surface area contributed by atoms with Gasteiger partial charge in [0.2, 0.25) is 0 Å². The highest BCUT2D eigenvalue weighted by molar-refractivity contribution is 7.92. The summed E-state index contributed by atoms with van der Waals surface area (Å²) in [6.07, 6.45) is 1.49. The number of piperidine rings is 1. The molecule has 5 nitrogen and oxygen atoms in total. The van der Waals surface area contributed by atoms with Crippen LogP contribution in [0.3, 0.4) is 0 Å². The van der Waals surface area contributed by atoms with Gasteiger partial charge in [0.05, 0.1) is 23.2 Å². The maximum Gasteiger partial charge on any atom is 0.264 e. The first-order valence-corrected chi connectivity index (χ1v) is 11.3. The van der Waals surface area contributed by atoms with Crippen molar-refractivity contribution in [1.82, 2.24) is 4.90 Å². The first-order chi connectivity index (χ1) is 13.4. The Balaban J connectivity index is 1.80. The fourth-order valence-corrected chi connectivity index (χ4v) is 5.07. The number of hydrogen-bond acceptors (Lipinski definition) is 4. The van der Waals surface area contributed by atoms with Gasteiger partial charge in [-0.2, -0.15) is 0 Å². The zero-order chi connectivity index (χ0) is 20.1. The molecule has 0 aliphatic carbocycles. The summed E-state index contributed by atoms with van der Waals surface area (Å²) < 4.78 is 28.0. The molecule has 0 saturated carbocycles. The van der Waals surface area contributed by atoms with Crippen LogP contribution in [0.25, 0.3) is 0 Å². The highest BCUT2D eigenvalue weighted by Gasteiger charge is 2.28. The monoisotopic (exact) mass is 402 g/mol. The maximum atomic E-state index is 13.3. The number of aliphatic hydroxyl groups excluding tert-OH is 1. The Kier molecular flexibility index (Phi) is 6.75. The number of likely N-dealkylation sites (tertiary alicyclic amines) is 1. The SMILES string of the molecule is Cc1ccc(S(=O)(=O)N(C[C@@H](O)CN2CCC(C)CC2)c2ccccc2)cc1. The van der Waals surface area contributed by atoms with E-state index in [1.165, 1.54) is 4.31 Å². The second kappa shape index (κ2) is 9.07. The molecule has 0 spiro atoms. The largest absolute Gasteiger partial charge is 0.390 e. The van der Waals surface area contributed by atoms with Gasteiger partial charge in [-0.3, -0.25) is 4.31 Å². The molecule has 1 saturated heterocycles. The molecule has 152 valence electrons. The summed E-state index contributed by atoms with van der Waals surface area (Å²) in [7, 11) is -3.76. The summed E-state index contributed by atoms with van der Waals surface area (Å²) in [6.45, 7) is 6.60. The average Bonchev–Trinajstić information content (AvgIpc) is 2.69. The van der Waals surface area contributed by atoms with Gasteiger partial charge in [-0.05, 0) is 63.0 Å². The van der Waals surface area contributed by atoms with Crippen molar-refractivity contribution in [2.24, 2.45) is 5.92 Å². The second-order valence-electron chi connectivity index (χ2n) is 7.82. The van der Waals surface area contributed by atoms with Gasteiger partial charge < -0.3 is 10.0 Å². The van der Waals surface area contributed by atoms with Gasteiger partial charge >= 0.3 is 0 Å². The summed E-state index contributed by atoms with van der Waals surface area (Å²) in [5, 5.41) is 10.7. The lowest BCUT2D eigenvalue weighted by Crippen LogP contribution is -2.44. The van der Waals surface area contributed by atoms with Crippen LogP contribution in [0.5, 0.6) is 0 Å². The van der Waals surface area contributed by atoms with E-state index in [9.17, 15) is 13.5 Å². The number of hydrogen-bond donors (Lipinski definition) is 1. The van der Waals surface area contributed by atoms with Crippen molar-refractivity contribution in [2.45, 2.75) is 37.7 Å². The van der Waals surface area contributed by atoms with Crippen molar-refractivity contribution in [2.75, 3.05) is 30.5 Å². The van der Waals surface area contributed by atoms with Crippen molar-refractivity contribution in [1.29, 1.82) is 0 Å². The lowest BCUT2D eigenvalue weighted by Gasteiger charge is -2.33. The quantitative estimate of drug-likeness (QED) is 0.772. The number of nitrogens with zero attached hydrogens (tertiary/aromatic N) is 2. The molecule has 6 heteroatoms. The first-order valence-electron chi connectivity index (χ1n) is 9.91. The van der Waals surface area contributed by atoms with E-state index in [0.717, 1.165) is 37.4 Å². The number of β-amino-alcohol motifs (C(OH)–C–C–N with tert-alkyl or cyclic N) is 1. The lowest BCUT2D eigenvalue weighted by molar-refractivity contribution is 0.0971. The Bertz CT molecular complexity index is 845. The Labute approximate surface area is 168 Å². The molecule has 0 amide bonds. The van der Waals surface area contributed by atoms with E-state index in [2.05, 4.69) is 11.8 Å². The highest BCUT2D eigenvalue weighted by atomic mass is 32.2. The minimum atomic E-state index is -3.76. The molecule has 1 atom stereocenters. The van der Waals surface area contributed by atoms with Crippen molar-refractivity contribution < 1.29 is 13.5 Å². The second-order valence-corrected chi connectivity index (χ2v) is 9.68. The molecule has 1 N–H and O–H groups in total. The highest BCUT2D eigenvalue weighted by Crippen LogP contribution is 2.24. The topological polar surface area (TPSA) is 60.9 Å². The summed E-state index contributed by atoms with van der Waals surface area (Å²) in [4.78, 5) is 2.47. The number of rotatable bonds is 7. The van der Waals surface area contributed by atoms with Gasteiger partial charge in [0.1, 0.15) is 0 Å². The van der Waals surface area contributed by atoms with E-state index in [4.69, 9.17) is 0 Å². The van der Waals surface area contributed by atoms with Gasteiger partial charge in [-0.25, -0.2) is 8.42 Å². The van der Waals surface area contributed by atoms with Crippen molar-refractivity contribution >= 4 is 15.7 Å². The zero-order valence-corrected chi connectivity index (χ0v) is 17.5. The standard InChI is InChI=1S/C22H30N2O3S/c1-18-8-10-22(11-9-18)28(26,27)24(20-6-4-3-5-7-20)17-21(25)16-23-14-12-19(2)13-15-23/h3-11,19,21,25H,12-17H2,1-2H3/t21-/m0/s1. The number of anilines is 1. The molecule has 1 aliphatic rings. The van der Waals surface area contributed by atoms with Crippen LogP contribution in [-0.4, -0.2) is 50.7 Å². The minimum absolute atomic E-state index is 0.0340. The van der Waals surface area contributed by atoms with Crippen LogP contribution in [0.1, 0.15) is 25.3 Å². The van der Waals surface area contributed by atoms with Crippen LogP contribution in [0.4, 0.5) is 5.69 Å². The van der Waals surface area contributed by atoms with Crippen LogP contribution in [0, 0.1) is 12.8 Å². The fraction of sp³-hybridized carbons (Fsp3) is 0.455. The Morgan fingerprint density at radius 3 is 2.29 bits per heavy atom. The van der Waals surface area contributed by atoms with Crippen molar-refractivity contribution in [3.8, 4) is 0 Å². The van der Waals surface area contributed by atoms with Crippen LogP contribution < -0.4 is 4.31 Å². The molecule has 0 bridgehead atoms. The van der Waals surface area contributed by atoms with E-state index >= 15 is 0 Å². The van der Waals surface area contributed by atoms with Gasteiger partial charge in [0, 0.05) is 6.54 Å². The van der Waals surface area contributed by atoms with E-state index < -0.39 is 16.1 Å². The van der Waals surface area contributed by atoms with E-state index in [1.54, 1.807) is 36.4 Å². The van der Waals surface area contributed by atoms with E-state index in [0.29, 0.717) is 12.2 Å².